The second kappa shape index (κ2) is 3.88. The summed E-state index contributed by atoms with van der Waals surface area (Å²) in [6.07, 6.45) is 2.66. The van der Waals surface area contributed by atoms with Crippen molar-refractivity contribution in [3.05, 3.63) is 0 Å². The summed E-state index contributed by atoms with van der Waals surface area (Å²) in [5.74, 6) is 0. The van der Waals surface area contributed by atoms with E-state index in [9.17, 15) is 0 Å². The molecule has 0 unspecified atom stereocenters. The average Bonchev–Trinajstić information content (AvgIpc) is 1.88. The first-order valence-corrected chi connectivity index (χ1v) is 4.74. The fourth-order valence-electron chi connectivity index (χ4n) is 1.35. The van der Waals surface area contributed by atoms with E-state index >= 15 is 0 Å². The third kappa shape index (κ3) is 2.36. The Morgan fingerprint density at radius 2 is 1.80 bits per heavy atom. The van der Waals surface area contributed by atoms with E-state index in [1.807, 2.05) is 0 Å². The molecule has 0 aromatic rings. The van der Waals surface area contributed by atoms with E-state index in [1.54, 1.807) is 0 Å². The van der Waals surface area contributed by atoms with Gasteiger partial charge in [-0.05, 0) is 26.9 Å². The van der Waals surface area contributed by atoms with E-state index in [-0.39, 0.29) is 0 Å². The first-order valence-electron chi connectivity index (χ1n) is 3.77. The molecule has 0 atom stereocenters. The summed E-state index contributed by atoms with van der Waals surface area (Å²) in [7, 11) is 4.35. The van der Waals surface area contributed by atoms with Crippen LogP contribution in [0.25, 0.3) is 0 Å². The van der Waals surface area contributed by atoms with Gasteiger partial charge in [-0.2, -0.15) is 0 Å². The van der Waals surface area contributed by atoms with Crippen LogP contribution in [0.4, 0.5) is 0 Å². The van der Waals surface area contributed by atoms with Gasteiger partial charge < -0.3 is 4.90 Å². The first-order chi connectivity index (χ1) is 4.70. The van der Waals surface area contributed by atoms with Crippen molar-refractivity contribution in [3.8, 4) is 0 Å². The average molecular weight is 254 g/mol. The highest BCUT2D eigenvalue weighted by Gasteiger charge is 2.18. The zero-order valence-corrected chi connectivity index (χ0v) is 8.84. The zero-order chi connectivity index (χ0) is 7.56. The lowest BCUT2D eigenvalue weighted by molar-refractivity contribution is 0.211. The number of hydrogen-bond acceptors (Lipinski definition) is 2. The summed E-state index contributed by atoms with van der Waals surface area (Å²) in [5, 5.41) is 0. The van der Waals surface area contributed by atoms with Crippen molar-refractivity contribution in [1.82, 2.24) is 8.01 Å². The smallest absolute Gasteiger partial charge is 0.0201 e. The highest BCUT2D eigenvalue weighted by molar-refractivity contribution is 14.1. The molecular formula is C7H15IN2. The van der Waals surface area contributed by atoms with Crippen molar-refractivity contribution in [1.29, 1.82) is 0 Å². The highest BCUT2D eigenvalue weighted by Crippen LogP contribution is 2.16. The maximum Gasteiger partial charge on any atom is 0.0201 e. The van der Waals surface area contributed by atoms with Crippen LogP contribution >= 0.6 is 22.9 Å². The summed E-state index contributed by atoms with van der Waals surface area (Å²) in [5.41, 5.74) is 0. The molecule has 0 saturated carbocycles. The van der Waals surface area contributed by atoms with Gasteiger partial charge in [0.25, 0.3) is 0 Å². The van der Waals surface area contributed by atoms with Crippen LogP contribution in [0.1, 0.15) is 12.8 Å². The molecule has 1 aliphatic heterocycles. The van der Waals surface area contributed by atoms with Gasteiger partial charge in [0.1, 0.15) is 0 Å². The number of rotatable bonds is 1. The Bertz CT molecular complexity index is 97.8. The third-order valence-corrected chi connectivity index (χ3v) is 3.11. The van der Waals surface area contributed by atoms with Crippen molar-refractivity contribution in [3.63, 3.8) is 0 Å². The summed E-state index contributed by atoms with van der Waals surface area (Å²) < 4.78 is 2.37. The predicted octanol–water partition coefficient (Wildman–Crippen LogP) is 1.36. The molecule has 3 heteroatoms. The largest absolute Gasteiger partial charge is 0.306 e. The molecule has 0 aromatic carbocycles. The summed E-state index contributed by atoms with van der Waals surface area (Å²) in [6, 6.07) is 0.825. The van der Waals surface area contributed by atoms with Crippen molar-refractivity contribution in [2.75, 3.05) is 27.2 Å². The van der Waals surface area contributed by atoms with Gasteiger partial charge in [-0.15, -0.1) is 0 Å². The van der Waals surface area contributed by atoms with E-state index in [0.29, 0.717) is 0 Å². The van der Waals surface area contributed by atoms with Gasteiger partial charge in [0, 0.05) is 42.0 Å². The van der Waals surface area contributed by atoms with Crippen LogP contribution in [0.5, 0.6) is 0 Å². The first kappa shape index (κ1) is 8.74. The second-order valence-electron chi connectivity index (χ2n) is 3.10. The quantitative estimate of drug-likeness (QED) is 0.515. The van der Waals surface area contributed by atoms with Gasteiger partial charge in [-0.3, -0.25) is 0 Å². The van der Waals surface area contributed by atoms with Crippen LogP contribution in [-0.2, 0) is 0 Å². The van der Waals surface area contributed by atoms with Crippen molar-refractivity contribution >= 4 is 22.9 Å². The lowest BCUT2D eigenvalue weighted by Crippen LogP contribution is -2.37. The number of hydrogen-bond donors (Lipinski definition) is 0. The SMILES string of the molecule is CN(C)C1CCN(I)CC1. The molecule has 0 N–H and O–H groups in total. The number of piperidine rings is 1. The molecule has 1 fully saturated rings. The molecule has 0 spiro atoms. The van der Waals surface area contributed by atoms with Crippen LogP contribution in [0.3, 0.4) is 0 Å². The van der Waals surface area contributed by atoms with Gasteiger partial charge in [0.05, 0.1) is 0 Å². The molecule has 0 bridgehead atoms. The summed E-state index contributed by atoms with van der Waals surface area (Å²) in [6.45, 7) is 2.51. The van der Waals surface area contributed by atoms with Crippen molar-refractivity contribution in [2.24, 2.45) is 0 Å². The van der Waals surface area contributed by atoms with Crippen LogP contribution in [0.2, 0.25) is 0 Å². The Morgan fingerprint density at radius 1 is 1.30 bits per heavy atom. The molecule has 0 aromatic heterocycles. The minimum absolute atomic E-state index is 0.825. The Kier molecular flexibility index (Phi) is 3.39. The standard InChI is InChI=1S/C7H15IN2/c1-9(2)7-3-5-10(8)6-4-7/h7H,3-6H2,1-2H3. The van der Waals surface area contributed by atoms with Crippen LogP contribution < -0.4 is 0 Å². The molecule has 1 heterocycles. The Morgan fingerprint density at radius 3 is 2.20 bits per heavy atom. The van der Waals surface area contributed by atoms with E-state index < -0.39 is 0 Å². The Hall–Kier alpha value is 0.650. The lowest BCUT2D eigenvalue weighted by atomic mass is 10.1. The van der Waals surface area contributed by atoms with E-state index in [0.717, 1.165) is 6.04 Å². The molecule has 10 heavy (non-hydrogen) atoms. The normalized spacial score (nSPS) is 24.0. The number of nitrogens with zero attached hydrogens (tertiary/aromatic N) is 2. The zero-order valence-electron chi connectivity index (χ0n) is 6.68. The summed E-state index contributed by atoms with van der Waals surface area (Å²) >= 11 is 2.40. The highest BCUT2D eigenvalue weighted by atomic mass is 127. The van der Waals surface area contributed by atoms with Crippen molar-refractivity contribution < 1.29 is 0 Å². The molecule has 1 saturated heterocycles. The minimum atomic E-state index is 0.825. The molecule has 2 nitrogen and oxygen atoms in total. The van der Waals surface area contributed by atoms with Gasteiger partial charge >= 0.3 is 0 Å². The maximum absolute atomic E-state index is 2.40. The molecule has 1 aliphatic rings. The van der Waals surface area contributed by atoms with E-state index in [4.69, 9.17) is 0 Å². The maximum atomic E-state index is 2.40. The summed E-state index contributed by atoms with van der Waals surface area (Å²) in [4.78, 5) is 2.34. The molecule has 60 valence electrons. The third-order valence-electron chi connectivity index (χ3n) is 2.14. The Labute approximate surface area is 77.1 Å². The fraction of sp³-hybridized carbons (Fsp3) is 1.00. The Balaban J connectivity index is 2.26. The lowest BCUT2D eigenvalue weighted by Gasteiger charge is -2.31. The molecule has 0 radical (unpaired) electrons. The molecule has 1 rings (SSSR count). The predicted molar refractivity (Wildman–Crippen MR) is 52.3 cm³/mol. The second-order valence-corrected chi connectivity index (χ2v) is 4.47. The van der Waals surface area contributed by atoms with Crippen molar-refractivity contribution in [2.45, 2.75) is 18.9 Å². The van der Waals surface area contributed by atoms with Gasteiger partial charge in [0.15, 0.2) is 0 Å². The van der Waals surface area contributed by atoms with Crippen LogP contribution in [0, 0.1) is 0 Å². The van der Waals surface area contributed by atoms with E-state index in [2.05, 4.69) is 45.0 Å². The monoisotopic (exact) mass is 254 g/mol. The molecular weight excluding hydrogens is 239 g/mol. The van der Waals surface area contributed by atoms with Gasteiger partial charge in [0.2, 0.25) is 0 Å². The van der Waals surface area contributed by atoms with Gasteiger partial charge in [-0.1, -0.05) is 0 Å². The minimum Gasteiger partial charge on any atom is -0.306 e. The number of halogens is 1. The molecule has 0 amide bonds. The van der Waals surface area contributed by atoms with Gasteiger partial charge in [-0.25, -0.2) is 3.11 Å². The van der Waals surface area contributed by atoms with E-state index in [1.165, 1.54) is 25.9 Å². The van der Waals surface area contributed by atoms with Crippen LogP contribution in [0.15, 0.2) is 0 Å². The molecule has 0 aliphatic carbocycles. The van der Waals surface area contributed by atoms with Crippen LogP contribution in [-0.4, -0.2) is 41.2 Å². The fourth-order valence-corrected chi connectivity index (χ4v) is 1.91. The topological polar surface area (TPSA) is 6.48 Å².